The van der Waals surface area contributed by atoms with Gasteiger partial charge in [-0.3, -0.25) is 9.48 Å². The van der Waals surface area contributed by atoms with Crippen LogP contribution < -0.4 is 5.73 Å². The van der Waals surface area contributed by atoms with E-state index in [1.54, 1.807) is 6.20 Å². The first-order valence-corrected chi connectivity index (χ1v) is 8.54. The average Bonchev–Trinajstić information content (AvgIpc) is 2.86. The zero-order valence-corrected chi connectivity index (χ0v) is 15.4. The maximum atomic E-state index is 12.9. The van der Waals surface area contributed by atoms with Crippen LogP contribution in [0, 0.1) is 23.7 Å². The zero-order chi connectivity index (χ0) is 18.5. The minimum absolute atomic E-state index is 0.0215. The molecule has 6 heteroatoms. The van der Waals surface area contributed by atoms with Crippen LogP contribution in [0.5, 0.6) is 0 Å². The molecule has 1 aliphatic carbocycles. The molecule has 0 bridgehead atoms. The molecule has 6 nitrogen and oxygen atoms in total. The minimum atomic E-state index is -0.496. The fraction of sp³-hybridized carbons (Fsp3) is 0.526. The molecular weight excluding hydrogens is 316 g/mol. The monoisotopic (exact) mass is 340 g/mol. The summed E-state index contributed by atoms with van der Waals surface area (Å²) in [6, 6.07) is 2.34. The third-order valence-corrected chi connectivity index (χ3v) is 4.96. The first kappa shape index (κ1) is 17.3. The van der Waals surface area contributed by atoms with E-state index in [-0.39, 0.29) is 23.1 Å². The molecule has 0 fully saturated rings. The molecule has 0 saturated heterocycles. The van der Waals surface area contributed by atoms with Crippen molar-refractivity contribution in [1.29, 1.82) is 5.26 Å². The molecule has 0 amide bonds. The largest absolute Gasteiger partial charge is 0.444 e. The van der Waals surface area contributed by atoms with Crippen molar-refractivity contribution in [3.8, 4) is 6.07 Å². The lowest BCUT2D eigenvalue weighted by atomic mass is 9.70. The molecule has 0 saturated carbocycles. The SMILES string of the molecule is Cc1c([C@H]2C(C#N)=C(N)OC3=C2C(=O)CC(C)(C)C3)cnn1C(C)C. The summed E-state index contributed by atoms with van der Waals surface area (Å²) in [4.78, 5) is 12.9. The maximum absolute atomic E-state index is 12.9. The van der Waals surface area contributed by atoms with E-state index in [9.17, 15) is 10.1 Å². The van der Waals surface area contributed by atoms with E-state index >= 15 is 0 Å². The lowest BCUT2D eigenvalue weighted by Gasteiger charge is -2.37. The Labute approximate surface area is 147 Å². The Kier molecular flexibility index (Phi) is 3.98. The topological polar surface area (TPSA) is 93.9 Å². The van der Waals surface area contributed by atoms with E-state index in [1.165, 1.54) is 0 Å². The summed E-state index contributed by atoms with van der Waals surface area (Å²) in [5.41, 5.74) is 8.50. The summed E-state index contributed by atoms with van der Waals surface area (Å²) in [6.45, 7) is 10.1. The number of hydrogen-bond acceptors (Lipinski definition) is 5. The van der Waals surface area contributed by atoms with Crippen LogP contribution in [0.2, 0.25) is 0 Å². The van der Waals surface area contributed by atoms with Gasteiger partial charge < -0.3 is 10.5 Å². The van der Waals surface area contributed by atoms with Crippen molar-refractivity contribution in [1.82, 2.24) is 9.78 Å². The summed E-state index contributed by atoms with van der Waals surface area (Å²) in [7, 11) is 0. The first-order valence-electron chi connectivity index (χ1n) is 8.54. The minimum Gasteiger partial charge on any atom is -0.444 e. The molecule has 0 aromatic carbocycles. The second kappa shape index (κ2) is 5.76. The van der Waals surface area contributed by atoms with Gasteiger partial charge in [-0.1, -0.05) is 13.8 Å². The van der Waals surface area contributed by atoms with Gasteiger partial charge in [-0.25, -0.2) is 0 Å². The summed E-state index contributed by atoms with van der Waals surface area (Å²) in [6.07, 6.45) is 2.80. The van der Waals surface area contributed by atoms with Crippen LogP contribution in [0.3, 0.4) is 0 Å². The predicted molar refractivity (Wildman–Crippen MR) is 93.0 cm³/mol. The predicted octanol–water partition coefficient (Wildman–Crippen LogP) is 3.22. The van der Waals surface area contributed by atoms with Crippen LogP contribution in [0.25, 0.3) is 0 Å². The van der Waals surface area contributed by atoms with Crippen LogP contribution >= 0.6 is 0 Å². The van der Waals surface area contributed by atoms with E-state index in [4.69, 9.17) is 10.5 Å². The highest BCUT2D eigenvalue weighted by atomic mass is 16.5. The molecule has 3 rings (SSSR count). The molecule has 25 heavy (non-hydrogen) atoms. The number of nitriles is 1. The fourth-order valence-corrected chi connectivity index (χ4v) is 3.84. The second-order valence-electron chi connectivity index (χ2n) is 7.93. The normalized spacial score (nSPS) is 22.8. The van der Waals surface area contributed by atoms with Gasteiger partial charge in [0.25, 0.3) is 0 Å². The summed E-state index contributed by atoms with van der Waals surface area (Å²) >= 11 is 0. The highest BCUT2D eigenvalue weighted by Gasteiger charge is 2.43. The zero-order valence-electron chi connectivity index (χ0n) is 15.4. The standard InChI is InChI=1S/C19H24N4O2/c1-10(2)23-11(3)13(9-22-23)16-12(8-20)18(21)25-15-7-19(4,5)6-14(24)17(15)16/h9-10,16H,6-7,21H2,1-5H3/t16-/m1/s1. The van der Waals surface area contributed by atoms with Gasteiger partial charge >= 0.3 is 0 Å². The number of hydrogen-bond donors (Lipinski definition) is 1. The molecule has 1 atom stereocenters. The molecule has 1 aromatic rings. The molecule has 0 unspecified atom stereocenters. The molecule has 2 aliphatic rings. The molecule has 1 aromatic heterocycles. The van der Waals surface area contributed by atoms with Gasteiger partial charge in [0.1, 0.15) is 17.4 Å². The number of aromatic nitrogens is 2. The lowest BCUT2D eigenvalue weighted by Crippen LogP contribution is -2.33. The van der Waals surface area contributed by atoms with E-state index in [1.807, 2.05) is 39.3 Å². The van der Waals surface area contributed by atoms with Gasteiger partial charge in [-0.05, 0) is 26.2 Å². The van der Waals surface area contributed by atoms with Gasteiger partial charge in [0.05, 0.1) is 12.1 Å². The Hall–Kier alpha value is -2.55. The van der Waals surface area contributed by atoms with Crippen LogP contribution in [0.4, 0.5) is 0 Å². The Balaban J connectivity index is 2.20. The lowest BCUT2D eigenvalue weighted by molar-refractivity contribution is -0.119. The highest BCUT2D eigenvalue weighted by molar-refractivity contribution is 6.00. The summed E-state index contributed by atoms with van der Waals surface area (Å²) in [5.74, 6) is 0.214. The number of ketones is 1. The number of nitrogens with two attached hydrogens (primary N) is 1. The number of Topliss-reactive ketones (excluding diaryl/α,β-unsaturated/α-hetero) is 1. The van der Waals surface area contributed by atoms with Crippen molar-refractivity contribution >= 4 is 5.78 Å². The quantitative estimate of drug-likeness (QED) is 0.892. The van der Waals surface area contributed by atoms with Crippen molar-refractivity contribution in [2.24, 2.45) is 11.1 Å². The molecule has 1 aliphatic heterocycles. The molecule has 0 spiro atoms. The van der Waals surface area contributed by atoms with Gasteiger partial charge in [0.15, 0.2) is 5.78 Å². The molecule has 2 N–H and O–H groups in total. The maximum Gasteiger partial charge on any atom is 0.205 e. The van der Waals surface area contributed by atoms with Gasteiger partial charge in [0, 0.05) is 35.7 Å². The Bertz CT molecular complexity index is 849. The number of carbonyl (C=O) groups excluding carboxylic acids is 1. The third kappa shape index (κ3) is 2.74. The fourth-order valence-electron chi connectivity index (χ4n) is 3.84. The van der Waals surface area contributed by atoms with E-state index < -0.39 is 5.92 Å². The van der Waals surface area contributed by atoms with E-state index in [2.05, 4.69) is 11.2 Å². The second-order valence-corrected chi connectivity index (χ2v) is 7.93. The molecule has 0 radical (unpaired) electrons. The van der Waals surface area contributed by atoms with Gasteiger partial charge in [0.2, 0.25) is 5.88 Å². The third-order valence-electron chi connectivity index (χ3n) is 4.96. The average molecular weight is 340 g/mol. The van der Waals surface area contributed by atoms with Gasteiger partial charge in [-0.15, -0.1) is 0 Å². The smallest absolute Gasteiger partial charge is 0.205 e. The van der Waals surface area contributed by atoms with Crippen molar-refractivity contribution in [3.63, 3.8) is 0 Å². The van der Waals surface area contributed by atoms with Crippen LogP contribution in [-0.2, 0) is 9.53 Å². The van der Waals surface area contributed by atoms with E-state index in [0.29, 0.717) is 29.7 Å². The Morgan fingerprint density at radius 2 is 2.12 bits per heavy atom. The Morgan fingerprint density at radius 3 is 2.68 bits per heavy atom. The van der Waals surface area contributed by atoms with Crippen molar-refractivity contribution < 1.29 is 9.53 Å². The van der Waals surface area contributed by atoms with Crippen LogP contribution in [-0.4, -0.2) is 15.6 Å². The Morgan fingerprint density at radius 1 is 1.44 bits per heavy atom. The number of rotatable bonds is 2. The number of ether oxygens (including phenoxy) is 1. The van der Waals surface area contributed by atoms with Crippen molar-refractivity contribution in [2.45, 2.75) is 59.4 Å². The number of allylic oxidation sites excluding steroid dienone is 3. The molecular formula is C19H24N4O2. The summed E-state index contributed by atoms with van der Waals surface area (Å²) < 4.78 is 7.61. The van der Waals surface area contributed by atoms with Gasteiger partial charge in [-0.2, -0.15) is 10.4 Å². The highest BCUT2D eigenvalue weighted by Crippen LogP contribution is 2.48. The van der Waals surface area contributed by atoms with Crippen molar-refractivity contribution in [3.05, 3.63) is 40.2 Å². The number of carbonyl (C=O) groups is 1. The van der Waals surface area contributed by atoms with Crippen LogP contribution in [0.15, 0.2) is 29.0 Å². The molecule has 2 heterocycles. The van der Waals surface area contributed by atoms with E-state index in [0.717, 1.165) is 11.3 Å². The summed E-state index contributed by atoms with van der Waals surface area (Å²) in [5, 5.41) is 14.1. The van der Waals surface area contributed by atoms with Crippen LogP contribution in [0.1, 0.15) is 63.8 Å². The first-order chi connectivity index (χ1) is 11.7. The van der Waals surface area contributed by atoms with Crippen molar-refractivity contribution in [2.75, 3.05) is 0 Å². The number of nitrogens with zero attached hydrogens (tertiary/aromatic N) is 3. The molecule has 132 valence electrons.